The van der Waals surface area contributed by atoms with Crippen LogP contribution in [0.2, 0.25) is 0 Å². The Hall–Kier alpha value is -4.08. The zero-order valence-electron chi connectivity index (χ0n) is 22.4. The van der Waals surface area contributed by atoms with Gasteiger partial charge in [0.25, 0.3) is 0 Å². The van der Waals surface area contributed by atoms with Gasteiger partial charge in [-0.1, -0.05) is 12.1 Å². The van der Waals surface area contributed by atoms with Crippen LogP contribution >= 0.6 is 0 Å². The van der Waals surface area contributed by atoms with Crippen LogP contribution in [-0.4, -0.2) is 48.0 Å². The molecule has 2 aliphatic rings. The van der Waals surface area contributed by atoms with Crippen LogP contribution in [0.5, 0.6) is 5.75 Å². The quantitative estimate of drug-likeness (QED) is 0.282. The second-order valence-electron chi connectivity index (χ2n) is 10.6. The standard InChI is InChI=1S/C30H32F2N6O2.H2/c1-20-18-34-28-19-36(16-17-37(20)28)29(39)22-10-8-21(9-11-22)4-2-7-26-33-14-12-27(35-26)38-15-13-23-24(38)5-3-6-25(23)40-30(31)32;/h2-3,5-7,12-15,18,21-22,30H,4,8-11,16-17,19H2,1H3;1H. The maximum Gasteiger partial charge on any atom is 0.387 e. The lowest BCUT2D eigenvalue weighted by Crippen LogP contribution is -2.42. The average molecular weight is 549 g/mol. The highest BCUT2D eigenvalue weighted by atomic mass is 19.3. The molecule has 40 heavy (non-hydrogen) atoms. The number of fused-ring (bicyclic) bond motifs is 2. The summed E-state index contributed by atoms with van der Waals surface area (Å²) >= 11 is 0. The maximum atomic E-state index is 13.2. The van der Waals surface area contributed by atoms with Crippen molar-refractivity contribution in [3.8, 4) is 11.6 Å². The Balaban J connectivity index is 0.00000337. The molecule has 0 N–H and O–H groups in total. The third kappa shape index (κ3) is 5.35. The van der Waals surface area contributed by atoms with Gasteiger partial charge in [-0.15, -0.1) is 0 Å². The van der Waals surface area contributed by atoms with Crippen molar-refractivity contribution in [2.24, 2.45) is 11.8 Å². The number of rotatable bonds is 7. The lowest BCUT2D eigenvalue weighted by molar-refractivity contribution is -0.138. The van der Waals surface area contributed by atoms with E-state index >= 15 is 0 Å². The summed E-state index contributed by atoms with van der Waals surface area (Å²) in [6.07, 6.45) is 14.2. The molecule has 0 unspecified atom stereocenters. The summed E-state index contributed by atoms with van der Waals surface area (Å²) in [6, 6.07) is 8.58. The monoisotopic (exact) mass is 548 g/mol. The Kier molecular flexibility index (Phi) is 7.32. The first-order valence-electron chi connectivity index (χ1n) is 13.8. The smallest absolute Gasteiger partial charge is 0.387 e. The molecule has 0 spiro atoms. The zero-order chi connectivity index (χ0) is 27.6. The summed E-state index contributed by atoms with van der Waals surface area (Å²) < 4.78 is 34.3. The van der Waals surface area contributed by atoms with Crippen molar-refractivity contribution >= 4 is 22.9 Å². The number of nitrogens with zero attached hydrogens (tertiary/aromatic N) is 6. The highest BCUT2D eigenvalue weighted by Crippen LogP contribution is 2.33. The van der Waals surface area contributed by atoms with Crippen molar-refractivity contribution in [2.75, 3.05) is 6.54 Å². The molecule has 0 bridgehead atoms. The van der Waals surface area contributed by atoms with Crippen molar-refractivity contribution in [3.05, 3.63) is 72.3 Å². The summed E-state index contributed by atoms with van der Waals surface area (Å²) in [5, 5.41) is 0.592. The number of carbonyl (C=O) groups is 1. The normalized spacial score (nSPS) is 19.4. The number of allylic oxidation sites excluding steroid dienone is 1. The predicted octanol–water partition coefficient (Wildman–Crippen LogP) is 6.02. The van der Waals surface area contributed by atoms with Crippen LogP contribution in [0.15, 0.2) is 55.0 Å². The minimum atomic E-state index is -2.88. The first-order chi connectivity index (χ1) is 19.5. The van der Waals surface area contributed by atoms with Crippen molar-refractivity contribution < 1.29 is 19.7 Å². The molecule has 6 rings (SSSR count). The fourth-order valence-electron chi connectivity index (χ4n) is 5.99. The molecule has 8 nitrogen and oxygen atoms in total. The Bertz CT molecular complexity index is 1540. The summed E-state index contributed by atoms with van der Waals surface area (Å²) in [5.74, 6) is 3.26. The number of alkyl halides is 2. The Labute approximate surface area is 232 Å². The predicted molar refractivity (Wildman–Crippen MR) is 149 cm³/mol. The van der Waals surface area contributed by atoms with Crippen LogP contribution in [0.3, 0.4) is 0 Å². The van der Waals surface area contributed by atoms with Crippen LogP contribution in [0.1, 0.15) is 50.9 Å². The summed E-state index contributed by atoms with van der Waals surface area (Å²) in [5.41, 5.74) is 1.88. The van der Waals surface area contributed by atoms with Gasteiger partial charge in [0.15, 0.2) is 5.82 Å². The van der Waals surface area contributed by atoms with E-state index in [1.54, 1.807) is 30.6 Å². The van der Waals surface area contributed by atoms with Gasteiger partial charge in [-0.25, -0.2) is 15.0 Å². The van der Waals surface area contributed by atoms with Crippen molar-refractivity contribution in [3.63, 3.8) is 0 Å². The van der Waals surface area contributed by atoms with Gasteiger partial charge < -0.3 is 18.8 Å². The van der Waals surface area contributed by atoms with Crippen LogP contribution in [0.4, 0.5) is 8.78 Å². The van der Waals surface area contributed by atoms with Crippen LogP contribution < -0.4 is 4.74 Å². The lowest BCUT2D eigenvalue weighted by Gasteiger charge is -2.34. The fourth-order valence-corrected chi connectivity index (χ4v) is 5.99. The molecule has 1 fully saturated rings. The highest BCUT2D eigenvalue weighted by Gasteiger charge is 2.31. The molecule has 1 aliphatic heterocycles. The molecule has 1 amide bonds. The molecule has 1 aromatic carbocycles. The van der Waals surface area contributed by atoms with E-state index in [2.05, 4.69) is 37.3 Å². The van der Waals surface area contributed by atoms with E-state index in [4.69, 9.17) is 0 Å². The number of carbonyl (C=O) groups excluding carboxylic acids is 1. The van der Waals surface area contributed by atoms with Crippen molar-refractivity contribution in [2.45, 2.75) is 58.7 Å². The maximum absolute atomic E-state index is 13.2. The molecular weight excluding hydrogens is 514 g/mol. The van der Waals surface area contributed by atoms with E-state index in [-0.39, 0.29) is 19.0 Å². The molecule has 0 atom stereocenters. The summed E-state index contributed by atoms with van der Waals surface area (Å²) in [4.78, 5) is 28.7. The summed E-state index contributed by atoms with van der Waals surface area (Å²) in [6.45, 7) is 1.37. The number of benzene rings is 1. The number of hydrogen-bond donors (Lipinski definition) is 0. The number of amides is 1. The molecule has 1 saturated carbocycles. The van der Waals surface area contributed by atoms with Gasteiger partial charge in [0.2, 0.25) is 5.91 Å². The zero-order valence-corrected chi connectivity index (χ0v) is 22.4. The molecule has 10 heteroatoms. The van der Waals surface area contributed by atoms with Crippen LogP contribution in [0.25, 0.3) is 22.8 Å². The van der Waals surface area contributed by atoms with E-state index in [0.29, 0.717) is 29.5 Å². The molecule has 1 aliphatic carbocycles. The number of halogens is 2. The second-order valence-corrected chi connectivity index (χ2v) is 10.6. The van der Waals surface area contributed by atoms with Gasteiger partial charge in [-0.3, -0.25) is 4.79 Å². The molecular formula is C30H34F2N6O2. The lowest BCUT2D eigenvalue weighted by atomic mass is 9.80. The van der Waals surface area contributed by atoms with Crippen molar-refractivity contribution in [1.29, 1.82) is 0 Å². The molecule has 4 heterocycles. The largest absolute Gasteiger partial charge is 0.434 e. The van der Waals surface area contributed by atoms with E-state index in [1.165, 1.54) is 6.07 Å². The van der Waals surface area contributed by atoms with Crippen LogP contribution in [0, 0.1) is 18.8 Å². The van der Waals surface area contributed by atoms with E-state index < -0.39 is 6.61 Å². The molecule has 3 aromatic heterocycles. The van der Waals surface area contributed by atoms with Gasteiger partial charge in [0, 0.05) is 50.1 Å². The third-order valence-corrected chi connectivity index (χ3v) is 8.12. The number of aryl methyl sites for hydroxylation is 1. The highest BCUT2D eigenvalue weighted by molar-refractivity contribution is 5.87. The van der Waals surface area contributed by atoms with Gasteiger partial charge in [0.05, 0.1) is 12.1 Å². The minimum absolute atomic E-state index is 0. The fraction of sp³-hybridized carbons (Fsp3) is 0.400. The topological polar surface area (TPSA) is 78.1 Å². The Morgan fingerprint density at radius 1 is 1.15 bits per heavy atom. The van der Waals surface area contributed by atoms with Crippen molar-refractivity contribution in [1.82, 2.24) is 29.0 Å². The molecule has 4 aromatic rings. The number of aromatic nitrogens is 5. The second kappa shape index (κ2) is 11.2. The number of ether oxygens (including phenoxy) is 1. The van der Waals surface area contributed by atoms with Gasteiger partial charge in [-0.2, -0.15) is 8.78 Å². The van der Waals surface area contributed by atoms with E-state index in [0.717, 1.165) is 62.2 Å². The third-order valence-electron chi connectivity index (χ3n) is 8.12. The van der Waals surface area contributed by atoms with Gasteiger partial charge >= 0.3 is 6.61 Å². The average Bonchev–Trinajstić information content (AvgIpc) is 3.57. The Morgan fingerprint density at radius 3 is 2.83 bits per heavy atom. The summed E-state index contributed by atoms with van der Waals surface area (Å²) in [7, 11) is 0. The first-order valence-corrected chi connectivity index (χ1v) is 13.8. The number of imidazole rings is 1. The van der Waals surface area contributed by atoms with E-state index in [1.807, 2.05) is 27.8 Å². The molecule has 0 saturated heterocycles. The van der Waals surface area contributed by atoms with Crippen LogP contribution in [-0.2, 0) is 17.9 Å². The number of hydrogen-bond acceptors (Lipinski definition) is 5. The molecule has 0 radical (unpaired) electrons. The molecule has 210 valence electrons. The van der Waals surface area contributed by atoms with E-state index in [9.17, 15) is 13.6 Å². The Morgan fingerprint density at radius 2 is 2.00 bits per heavy atom. The SMILES string of the molecule is Cc1cnc2n1CCN(C(=O)C1CCC(CC=Cc3nccc(-n4ccc5c(OC(F)F)cccc54)n3)CC1)C2.[HH]. The van der Waals surface area contributed by atoms with Gasteiger partial charge in [0.1, 0.15) is 17.4 Å². The van der Waals surface area contributed by atoms with Gasteiger partial charge in [-0.05, 0) is 75.3 Å². The first kappa shape index (κ1) is 26.2. The minimum Gasteiger partial charge on any atom is -0.434 e.